The fourth-order valence-corrected chi connectivity index (χ4v) is 7.76. The Morgan fingerprint density at radius 2 is 0.580 bits per heavy atom. The largest absolute Gasteiger partial charge is 0.462 e. The van der Waals surface area contributed by atoms with E-state index in [9.17, 15) is 14.4 Å². The molecule has 69 heavy (non-hydrogen) atoms. The van der Waals surface area contributed by atoms with Crippen LogP contribution in [-0.2, 0) is 28.6 Å². The standard InChI is InChI=1S/C63H106O6/c1-4-7-10-13-16-19-21-23-25-26-27-28-29-30-31-32-33-34-35-36-37-38-39-41-42-44-47-50-53-56-62(65)68-59-60(58-67-61(64)55-52-49-46-18-15-12-9-6-3)69-63(66)57-54-51-48-45-43-40-24-22-20-17-14-11-8-5-2/h7,10,14,16-17,19,22-25,27-28,30-31,33-34,60H,4-6,8-9,11-13,15,18,20-21,26,29,32,35-59H2,1-3H3/b10-7-,17-14-,19-16-,24-22-,25-23-,28-27-,31-30-,34-33-. The van der Waals surface area contributed by atoms with Crippen molar-refractivity contribution in [2.75, 3.05) is 13.2 Å². The maximum Gasteiger partial charge on any atom is 0.306 e. The molecule has 0 aromatic carbocycles. The summed E-state index contributed by atoms with van der Waals surface area (Å²) >= 11 is 0. The van der Waals surface area contributed by atoms with Gasteiger partial charge in [0.2, 0.25) is 0 Å². The van der Waals surface area contributed by atoms with Gasteiger partial charge >= 0.3 is 17.9 Å². The SMILES string of the molecule is CC/C=C\C/C=C\C/C=C\C/C=C\C/C=C\C/C=C\CCCCCCCCCCCCC(=O)OCC(COC(=O)CCCCCCCCCC)OC(=O)CCCCCCC/C=C\C/C=C\CCCC. The molecule has 394 valence electrons. The van der Waals surface area contributed by atoms with Gasteiger partial charge in [0.15, 0.2) is 6.10 Å². The minimum absolute atomic E-state index is 0.0829. The molecule has 0 saturated carbocycles. The third kappa shape index (κ3) is 55.1. The van der Waals surface area contributed by atoms with Gasteiger partial charge in [0.1, 0.15) is 13.2 Å². The molecule has 0 spiro atoms. The summed E-state index contributed by atoms with van der Waals surface area (Å²) in [4.78, 5) is 37.9. The summed E-state index contributed by atoms with van der Waals surface area (Å²) in [6.07, 6.45) is 75.6. The molecule has 0 bridgehead atoms. The molecular weight excluding hydrogens is 853 g/mol. The number of hydrogen-bond donors (Lipinski definition) is 0. The van der Waals surface area contributed by atoms with Crippen molar-refractivity contribution in [3.63, 3.8) is 0 Å². The van der Waals surface area contributed by atoms with Crippen LogP contribution in [0.3, 0.4) is 0 Å². The summed E-state index contributed by atoms with van der Waals surface area (Å²) in [6.45, 7) is 6.44. The molecule has 0 amide bonds. The molecule has 1 atom stereocenters. The Bertz CT molecular complexity index is 1380. The van der Waals surface area contributed by atoms with Crippen LogP contribution in [0.5, 0.6) is 0 Å². The van der Waals surface area contributed by atoms with E-state index in [1.54, 1.807) is 0 Å². The summed E-state index contributed by atoms with van der Waals surface area (Å²) in [5.41, 5.74) is 0. The van der Waals surface area contributed by atoms with Crippen LogP contribution in [0.25, 0.3) is 0 Å². The quantitative estimate of drug-likeness (QED) is 0.0262. The third-order valence-electron chi connectivity index (χ3n) is 12.1. The molecule has 1 unspecified atom stereocenters. The predicted molar refractivity (Wildman–Crippen MR) is 297 cm³/mol. The molecule has 0 aliphatic rings. The average molecular weight is 960 g/mol. The molecule has 6 heteroatoms. The third-order valence-corrected chi connectivity index (χ3v) is 12.1. The van der Waals surface area contributed by atoms with Gasteiger partial charge in [0.05, 0.1) is 0 Å². The van der Waals surface area contributed by atoms with Crippen LogP contribution in [-0.4, -0.2) is 37.2 Å². The summed E-state index contributed by atoms with van der Waals surface area (Å²) < 4.78 is 16.8. The highest BCUT2D eigenvalue weighted by molar-refractivity contribution is 5.71. The number of ether oxygens (including phenoxy) is 3. The van der Waals surface area contributed by atoms with Crippen LogP contribution < -0.4 is 0 Å². The van der Waals surface area contributed by atoms with Crippen LogP contribution >= 0.6 is 0 Å². The van der Waals surface area contributed by atoms with Gasteiger partial charge in [-0.2, -0.15) is 0 Å². The zero-order chi connectivity index (χ0) is 50.0. The molecule has 0 saturated heterocycles. The molecule has 0 aliphatic heterocycles. The Hall–Kier alpha value is -3.67. The highest BCUT2D eigenvalue weighted by atomic mass is 16.6. The number of allylic oxidation sites excluding steroid dienone is 16. The average Bonchev–Trinajstić information content (AvgIpc) is 3.35. The first kappa shape index (κ1) is 65.3. The van der Waals surface area contributed by atoms with Gasteiger partial charge in [-0.15, -0.1) is 0 Å². The highest BCUT2D eigenvalue weighted by Gasteiger charge is 2.19. The molecule has 0 aromatic rings. The number of esters is 3. The predicted octanol–water partition coefficient (Wildman–Crippen LogP) is 19.3. The zero-order valence-electron chi connectivity index (χ0n) is 45.0. The Labute approximate surface area is 426 Å². The molecular formula is C63H106O6. The van der Waals surface area contributed by atoms with Crippen molar-refractivity contribution in [3.05, 3.63) is 97.2 Å². The lowest BCUT2D eigenvalue weighted by molar-refractivity contribution is -0.167. The van der Waals surface area contributed by atoms with Crippen molar-refractivity contribution in [3.8, 4) is 0 Å². The van der Waals surface area contributed by atoms with E-state index in [1.807, 2.05) is 0 Å². The van der Waals surface area contributed by atoms with E-state index in [2.05, 4.69) is 118 Å². The maximum atomic E-state index is 12.8. The van der Waals surface area contributed by atoms with Crippen molar-refractivity contribution in [2.45, 2.75) is 271 Å². The van der Waals surface area contributed by atoms with Crippen molar-refractivity contribution in [1.29, 1.82) is 0 Å². The van der Waals surface area contributed by atoms with Crippen LogP contribution in [0.4, 0.5) is 0 Å². The number of carbonyl (C=O) groups is 3. The Kier molecular flexibility index (Phi) is 53.9. The lowest BCUT2D eigenvalue weighted by Crippen LogP contribution is -2.30. The Balaban J connectivity index is 4.18. The number of unbranched alkanes of at least 4 members (excludes halogenated alkanes) is 24. The van der Waals surface area contributed by atoms with Gasteiger partial charge in [-0.25, -0.2) is 0 Å². The monoisotopic (exact) mass is 959 g/mol. The second-order valence-corrected chi connectivity index (χ2v) is 18.8. The van der Waals surface area contributed by atoms with E-state index >= 15 is 0 Å². The van der Waals surface area contributed by atoms with Gasteiger partial charge in [0.25, 0.3) is 0 Å². The first-order chi connectivity index (χ1) is 34.0. The minimum Gasteiger partial charge on any atom is -0.462 e. The van der Waals surface area contributed by atoms with Crippen molar-refractivity contribution in [2.24, 2.45) is 0 Å². The number of rotatable bonds is 51. The lowest BCUT2D eigenvalue weighted by atomic mass is 10.1. The van der Waals surface area contributed by atoms with Crippen LogP contribution in [0.1, 0.15) is 265 Å². The summed E-state index contributed by atoms with van der Waals surface area (Å²) in [5.74, 6) is -0.905. The number of carbonyl (C=O) groups excluding carboxylic acids is 3. The fourth-order valence-electron chi connectivity index (χ4n) is 7.76. The van der Waals surface area contributed by atoms with Crippen molar-refractivity contribution in [1.82, 2.24) is 0 Å². The van der Waals surface area contributed by atoms with Crippen LogP contribution in [0, 0.1) is 0 Å². The van der Waals surface area contributed by atoms with E-state index in [4.69, 9.17) is 14.2 Å². The molecule has 0 fully saturated rings. The van der Waals surface area contributed by atoms with Crippen LogP contribution in [0.15, 0.2) is 97.2 Å². The topological polar surface area (TPSA) is 78.9 Å². The van der Waals surface area contributed by atoms with Crippen LogP contribution in [0.2, 0.25) is 0 Å². The Morgan fingerprint density at radius 3 is 0.928 bits per heavy atom. The molecule has 0 aliphatic carbocycles. The van der Waals surface area contributed by atoms with Gasteiger partial charge in [0, 0.05) is 19.3 Å². The van der Waals surface area contributed by atoms with Gasteiger partial charge in [-0.3, -0.25) is 14.4 Å². The van der Waals surface area contributed by atoms with E-state index in [-0.39, 0.29) is 31.1 Å². The molecule has 0 rings (SSSR count). The maximum absolute atomic E-state index is 12.8. The zero-order valence-corrected chi connectivity index (χ0v) is 45.0. The summed E-state index contributed by atoms with van der Waals surface area (Å²) in [7, 11) is 0. The molecule has 0 heterocycles. The molecule has 0 aromatic heterocycles. The summed E-state index contributed by atoms with van der Waals surface area (Å²) in [5, 5.41) is 0. The first-order valence-electron chi connectivity index (χ1n) is 28.7. The smallest absolute Gasteiger partial charge is 0.306 e. The van der Waals surface area contributed by atoms with Gasteiger partial charge in [-0.1, -0.05) is 246 Å². The van der Waals surface area contributed by atoms with Crippen molar-refractivity contribution >= 4 is 17.9 Å². The first-order valence-corrected chi connectivity index (χ1v) is 28.7. The van der Waals surface area contributed by atoms with E-state index < -0.39 is 6.10 Å². The lowest BCUT2D eigenvalue weighted by Gasteiger charge is -2.18. The van der Waals surface area contributed by atoms with E-state index in [0.717, 1.165) is 122 Å². The molecule has 6 nitrogen and oxygen atoms in total. The number of hydrogen-bond acceptors (Lipinski definition) is 6. The van der Waals surface area contributed by atoms with E-state index in [0.29, 0.717) is 19.3 Å². The molecule has 0 N–H and O–H groups in total. The Morgan fingerprint density at radius 1 is 0.304 bits per heavy atom. The summed E-state index contributed by atoms with van der Waals surface area (Å²) in [6, 6.07) is 0. The van der Waals surface area contributed by atoms with Crippen molar-refractivity contribution < 1.29 is 28.6 Å². The highest BCUT2D eigenvalue weighted by Crippen LogP contribution is 2.15. The van der Waals surface area contributed by atoms with Gasteiger partial charge in [-0.05, 0) is 96.3 Å². The normalized spacial score (nSPS) is 12.8. The fraction of sp³-hybridized carbons (Fsp3) is 0.698. The van der Waals surface area contributed by atoms with Gasteiger partial charge < -0.3 is 14.2 Å². The second-order valence-electron chi connectivity index (χ2n) is 18.8. The van der Waals surface area contributed by atoms with E-state index in [1.165, 1.54) is 103 Å². The minimum atomic E-state index is -0.783. The molecule has 0 radical (unpaired) electrons. The second kappa shape index (κ2) is 56.9.